The lowest BCUT2D eigenvalue weighted by molar-refractivity contribution is -0.731. The first-order chi connectivity index (χ1) is 12.2. The summed E-state index contributed by atoms with van der Waals surface area (Å²) in [4.78, 5) is 1.21. The zero-order valence-corrected chi connectivity index (χ0v) is 14.8. The van der Waals surface area contributed by atoms with Crippen molar-refractivity contribution in [1.82, 2.24) is 5.32 Å². The van der Waals surface area contributed by atoms with Crippen LogP contribution < -0.4 is 10.6 Å². The van der Waals surface area contributed by atoms with E-state index in [-0.39, 0.29) is 12.2 Å². The zero-order chi connectivity index (χ0) is 17.2. The van der Waals surface area contributed by atoms with Crippen LogP contribution in [-0.4, -0.2) is 5.11 Å². The first kappa shape index (κ1) is 15.9. The molecule has 0 spiro atoms. The first-order valence-electron chi connectivity index (χ1n) is 8.42. The number of para-hydroxylation sites is 1. The fraction of sp³-hybridized carbons (Fsp3) is 0.143. The quantitative estimate of drug-likeness (QED) is 0.675. The third-order valence-electron chi connectivity index (χ3n) is 4.58. The molecule has 1 aliphatic rings. The second kappa shape index (κ2) is 6.75. The molecule has 4 rings (SSSR count). The minimum atomic E-state index is 0.0610. The van der Waals surface area contributed by atoms with Gasteiger partial charge in [-0.3, -0.25) is 0 Å². The number of hydrogen-bond donors (Lipinski definition) is 3. The van der Waals surface area contributed by atoms with Crippen molar-refractivity contribution >= 4 is 17.0 Å². The standard InChI is InChI=1S/C21H20N2OS/c1-14-8-10-15(11-9-14)21-22-17(16-5-2-3-6-19(16)24)13-18(23-21)20-7-4-12-25-20/h2-13,17,21-24H,1H3/p+1. The minimum absolute atomic E-state index is 0.0610. The number of aromatic hydroxyl groups is 1. The Morgan fingerprint density at radius 1 is 1.00 bits per heavy atom. The molecule has 25 heavy (non-hydrogen) atoms. The maximum absolute atomic E-state index is 10.3. The number of thiophene rings is 1. The van der Waals surface area contributed by atoms with Crippen molar-refractivity contribution in [1.29, 1.82) is 0 Å². The van der Waals surface area contributed by atoms with E-state index >= 15 is 0 Å². The van der Waals surface area contributed by atoms with Gasteiger partial charge in [0.25, 0.3) is 0 Å². The van der Waals surface area contributed by atoms with E-state index in [4.69, 9.17) is 0 Å². The van der Waals surface area contributed by atoms with Crippen LogP contribution in [0.4, 0.5) is 0 Å². The molecule has 3 nitrogen and oxygen atoms in total. The lowest BCUT2D eigenvalue weighted by Gasteiger charge is -2.29. The highest BCUT2D eigenvalue weighted by atomic mass is 32.1. The van der Waals surface area contributed by atoms with Gasteiger partial charge in [-0.25, -0.2) is 0 Å². The van der Waals surface area contributed by atoms with Crippen LogP contribution >= 0.6 is 11.3 Å². The fourth-order valence-electron chi connectivity index (χ4n) is 3.22. The summed E-state index contributed by atoms with van der Waals surface area (Å²) in [5.74, 6) is 0.343. The summed E-state index contributed by atoms with van der Waals surface area (Å²) >= 11 is 1.72. The number of rotatable bonds is 3. The lowest BCUT2D eigenvalue weighted by Crippen LogP contribution is -2.89. The van der Waals surface area contributed by atoms with E-state index in [2.05, 4.69) is 65.4 Å². The Balaban J connectivity index is 1.74. The molecule has 0 radical (unpaired) electrons. The van der Waals surface area contributed by atoms with Crippen LogP contribution in [0.1, 0.15) is 33.8 Å². The van der Waals surface area contributed by atoms with Gasteiger partial charge in [0.05, 0.1) is 16.1 Å². The Hall–Kier alpha value is -2.56. The minimum Gasteiger partial charge on any atom is -0.507 e. The van der Waals surface area contributed by atoms with Crippen molar-refractivity contribution in [3.63, 3.8) is 0 Å². The molecule has 0 bridgehead atoms. The van der Waals surface area contributed by atoms with Gasteiger partial charge in [-0.1, -0.05) is 48.0 Å². The molecule has 3 aromatic rings. The van der Waals surface area contributed by atoms with Crippen molar-refractivity contribution in [2.75, 3.05) is 0 Å². The topological polar surface area (TPSA) is 48.9 Å². The van der Waals surface area contributed by atoms with Crippen LogP contribution in [0.15, 0.2) is 72.1 Å². The predicted octanol–water partition coefficient (Wildman–Crippen LogP) is 3.71. The molecule has 2 unspecified atom stereocenters. The number of nitrogens with two attached hydrogens (primary N) is 1. The van der Waals surface area contributed by atoms with Crippen molar-refractivity contribution in [2.24, 2.45) is 0 Å². The number of benzene rings is 2. The van der Waals surface area contributed by atoms with E-state index in [1.54, 1.807) is 17.4 Å². The summed E-state index contributed by atoms with van der Waals surface area (Å²) in [5, 5.41) is 18.3. The van der Waals surface area contributed by atoms with Crippen LogP contribution in [0.5, 0.6) is 5.75 Å². The smallest absolute Gasteiger partial charge is 0.186 e. The maximum Gasteiger partial charge on any atom is 0.186 e. The molecule has 1 aromatic heterocycles. The van der Waals surface area contributed by atoms with Crippen LogP contribution in [0.3, 0.4) is 0 Å². The Morgan fingerprint density at radius 3 is 2.52 bits per heavy atom. The van der Waals surface area contributed by atoms with E-state index in [1.165, 1.54) is 16.0 Å². The normalized spacial score (nSPS) is 20.0. The number of hydrogen-bond acceptors (Lipinski definition) is 3. The van der Waals surface area contributed by atoms with Crippen LogP contribution in [-0.2, 0) is 0 Å². The van der Waals surface area contributed by atoms with E-state index < -0.39 is 0 Å². The van der Waals surface area contributed by atoms with Gasteiger partial charge in [-0.15, -0.1) is 11.3 Å². The number of nitrogens with one attached hydrogen (secondary N) is 1. The highest BCUT2D eigenvalue weighted by Gasteiger charge is 2.29. The molecule has 4 N–H and O–H groups in total. The summed E-state index contributed by atoms with van der Waals surface area (Å²) in [5.41, 5.74) is 4.55. The Labute approximate surface area is 151 Å². The largest absolute Gasteiger partial charge is 0.507 e. The third-order valence-corrected chi connectivity index (χ3v) is 5.48. The highest BCUT2D eigenvalue weighted by molar-refractivity contribution is 7.11. The zero-order valence-electron chi connectivity index (χ0n) is 14.0. The van der Waals surface area contributed by atoms with Gasteiger partial charge in [-0.2, -0.15) is 0 Å². The average molecular weight is 349 g/mol. The van der Waals surface area contributed by atoms with E-state index in [0.717, 1.165) is 11.3 Å². The van der Waals surface area contributed by atoms with Gasteiger partial charge in [0.2, 0.25) is 0 Å². The molecular formula is C21H21N2OS+. The van der Waals surface area contributed by atoms with E-state index in [9.17, 15) is 5.11 Å². The molecule has 0 aliphatic carbocycles. The van der Waals surface area contributed by atoms with E-state index in [1.807, 2.05) is 18.2 Å². The van der Waals surface area contributed by atoms with Gasteiger partial charge in [0.15, 0.2) is 6.17 Å². The molecule has 2 aromatic carbocycles. The second-order valence-electron chi connectivity index (χ2n) is 6.37. The van der Waals surface area contributed by atoms with Gasteiger partial charge >= 0.3 is 0 Å². The second-order valence-corrected chi connectivity index (χ2v) is 7.32. The Kier molecular flexibility index (Phi) is 4.30. The molecule has 1 aliphatic heterocycles. The van der Waals surface area contributed by atoms with Crippen molar-refractivity contribution in [2.45, 2.75) is 19.1 Å². The molecule has 0 fully saturated rings. The van der Waals surface area contributed by atoms with E-state index in [0.29, 0.717) is 5.75 Å². The first-order valence-corrected chi connectivity index (χ1v) is 9.30. The molecular weight excluding hydrogens is 328 g/mol. The Bertz CT molecular complexity index is 885. The number of phenols is 1. The molecule has 0 saturated carbocycles. The van der Waals surface area contributed by atoms with Crippen molar-refractivity contribution < 1.29 is 10.4 Å². The van der Waals surface area contributed by atoms with Crippen molar-refractivity contribution in [3.05, 3.63) is 93.7 Å². The van der Waals surface area contributed by atoms with Crippen LogP contribution in [0.25, 0.3) is 5.70 Å². The molecule has 0 amide bonds. The predicted molar refractivity (Wildman–Crippen MR) is 102 cm³/mol. The fourth-order valence-corrected chi connectivity index (χ4v) is 3.94. The molecule has 126 valence electrons. The summed E-state index contributed by atoms with van der Waals surface area (Å²) in [7, 11) is 0. The van der Waals surface area contributed by atoms with Gasteiger partial charge in [-0.05, 0) is 30.5 Å². The van der Waals surface area contributed by atoms with Crippen LogP contribution in [0, 0.1) is 6.92 Å². The summed E-state index contributed by atoms with van der Waals surface area (Å²) in [6.45, 7) is 2.10. The maximum atomic E-state index is 10.3. The number of phenolic OH excluding ortho intramolecular Hbond substituents is 1. The molecule has 4 heteroatoms. The van der Waals surface area contributed by atoms with Crippen molar-refractivity contribution in [3.8, 4) is 5.75 Å². The monoisotopic (exact) mass is 349 g/mol. The lowest BCUT2D eigenvalue weighted by atomic mass is 9.99. The van der Waals surface area contributed by atoms with Gasteiger partial charge < -0.3 is 15.7 Å². The van der Waals surface area contributed by atoms with Gasteiger partial charge in [0.1, 0.15) is 11.8 Å². The Morgan fingerprint density at radius 2 is 1.80 bits per heavy atom. The summed E-state index contributed by atoms with van der Waals surface area (Å²) in [6.07, 6.45) is 2.30. The van der Waals surface area contributed by atoms with Crippen LogP contribution in [0.2, 0.25) is 0 Å². The molecule has 2 heterocycles. The molecule has 2 atom stereocenters. The average Bonchev–Trinajstić information content (AvgIpc) is 3.17. The number of quaternary nitrogens is 1. The SMILES string of the molecule is Cc1ccc(C2NC(c3cccs3)=CC(c3ccccc3O)[NH2+]2)cc1. The van der Waals surface area contributed by atoms with Gasteiger partial charge in [0, 0.05) is 11.6 Å². The third kappa shape index (κ3) is 3.31. The number of aryl methyl sites for hydroxylation is 1. The summed E-state index contributed by atoms with van der Waals surface area (Å²) in [6, 6.07) is 20.5. The molecule has 0 saturated heterocycles. The summed E-state index contributed by atoms with van der Waals surface area (Å²) < 4.78 is 0. The highest BCUT2D eigenvalue weighted by Crippen LogP contribution is 2.30.